The minimum atomic E-state index is -0.603. The lowest BCUT2D eigenvalue weighted by molar-refractivity contribution is 0.0183. The van der Waals surface area contributed by atoms with E-state index in [1.807, 2.05) is 0 Å². The highest BCUT2D eigenvalue weighted by atomic mass is 19.1. The average Bonchev–Trinajstić information content (AvgIpc) is 2.39. The number of ether oxygens (including phenoxy) is 2. The standard InChI is InChI=1S/C13H15FO3/c1-16-10-7-4-5-9(12(10)14)13(15)11-6-2-3-8-17-11/h4-5,7,11H,2-3,6,8H2,1H3. The van der Waals surface area contributed by atoms with Crippen LogP contribution in [-0.4, -0.2) is 25.6 Å². The summed E-state index contributed by atoms with van der Waals surface area (Å²) in [7, 11) is 1.38. The summed E-state index contributed by atoms with van der Waals surface area (Å²) < 4.78 is 24.1. The molecule has 0 amide bonds. The molecule has 0 aliphatic carbocycles. The lowest BCUT2D eigenvalue weighted by Crippen LogP contribution is -2.28. The Hall–Kier alpha value is -1.42. The molecule has 2 rings (SSSR count). The molecule has 3 nitrogen and oxygen atoms in total. The van der Waals surface area contributed by atoms with Crippen molar-refractivity contribution in [3.8, 4) is 5.75 Å². The number of carbonyl (C=O) groups is 1. The molecule has 1 heterocycles. The van der Waals surface area contributed by atoms with Crippen LogP contribution >= 0.6 is 0 Å². The van der Waals surface area contributed by atoms with Crippen LogP contribution in [0.25, 0.3) is 0 Å². The van der Waals surface area contributed by atoms with Crippen LogP contribution in [0.15, 0.2) is 18.2 Å². The molecule has 1 aromatic carbocycles. The van der Waals surface area contributed by atoms with Crippen molar-refractivity contribution >= 4 is 5.78 Å². The maximum absolute atomic E-state index is 13.9. The Bertz CT molecular complexity index is 411. The fraction of sp³-hybridized carbons (Fsp3) is 0.462. The Morgan fingerprint density at radius 1 is 1.47 bits per heavy atom. The first-order chi connectivity index (χ1) is 8.24. The van der Waals surface area contributed by atoms with Gasteiger partial charge in [-0.25, -0.2) is 4.39 Å². The summed E-state index contributed by atoms with van der Waals surface area (Å²) in [5.41, 5.74) is 0.0521. The lowest BCUT2D eigenvalue weighted by atomic mass is 9.99. The molecule has 1 aliphatic heterocycles. The quantitative estimate of drug-likeness (QED) is 0.759. The number of methoxy groups -OCH3 is 1. The number of ketones is 1. The number of halogens is 1. The van der Waals surface area contributed by atoms with Crippen molar-refractivity contribution in [3.05, 3.63) is 29.6 Å². The van der Waals surface area contributed by atoms with E-state index in [1.54, 1.807) is 6.07 Å². The van der Waals surface area contributed by atoms with Gasteiger partial charge in [-0.3, -0.25) is 4.79 Å². The summed E-state index contributed by atoms with van der Waals surface area (Å²) >= 11 is 0. The van der Waals surface area contributed by atoms with Gasteiger partial charge < -0.3 is 9.47 Å². The first-order valence-corrected chi connectivity index (χ1v) is 5.72. The van der Waals surface area contributed by atoms with E-state index >= 15 is 0 Å². The van der Waals surface area contributed by atoms with Crippen LogP contribution in [-0.2, 0) is 4.74 Å². The molecule has 0 aromatic heterocycles. The molecule has 1 aromatic rings. The zero-order valence-electron chi connectivity index (χ0n) is 9.74. The summed E-state index contributed by atoms with van der Waals surface area (Å²) in [6.07, 6.45) is 2.06. The van der Waals surface area contributed by atoms with Crippen LogP contribution < -0.4 is 4.74 Å². The van der Waals surface area contributed by atoms with E-state index in [1.165, 1.54) is 19.2 Å². The third kappa shape index (κ3) is 2.47. The normalized spacial score (nSPS) is 20.0. The van der Waals surface area contributed by atoms with Crippen LogP contribution in [0.3, 0.4) is 0 Å². The highest BCUT2D eigenvalue weighted by Gasteiger charge is 2.26. The van der Waals surface area contributed by atoms with Crippen molar-refractivity contribution in [1.29, 1.82) is 0 Å². The van der Waals surface area contributed by atoms with E-state index in [-0.39, 0.29) is 17.1 Å². The summed E-state index contributed by atoms with van der Waals surface area (Å²) in [5.74, 6) is -0.804. The third-order valence-corrected chi connectivity index (χ3v) is 2.92. The Morgan fingerprint density at radius 2 is 2.29 bits per heavy atom. The van der Waals surface area contributed by atoms with Gasteiger partial charge in [0.05, 0.1) is 12.7 Å². The Kier molecular flexibility index (Phi) is 3.74. The van der Waals surface area contributed by atoms with Crippen LogP contribution in [0, 0.1) is 5.82 Å². The van der Waals surface area contributed by atoms with Gasteiger partial charge in [-0.1, -0.05) is 6.07 Å². The molecule has 92 valence electrons. The van der Waals surface area contributed by atoms with Gasteiger partial charge in [-0.05, 0) is 31.4 Å². The first-order valence-electron chi connectivity index (χ1n) is 5.72. The highest BCUT2D eigenvalue weighted by molar-refractivity contribution is 6.00. The van der Waals surface area contributed by atoms with Crippen molar-refractivity contribution in [2.24, 2.45) is 0 Å². The lowest BCUT2D eigenvalue weighted by Gasteiger charge is -2.21. The van der Waals surface area contributed by atoms with Gasteiger partial charge >= 0.3 is 0 Å². The van der Waals surface area contributed by atoms with Gasteiger partial charge in [0.15, 0.2) is 17.3 Å². The monoisotopic (exact) mass is 238 g/mol. The second-order valence-electron chi connectivity index (χ2n) is 4.04. The van der Waals surface area contributed by atoms with E-state index in [9.17, 15) is 9.18 Å². The molecule has 4 heteroatoms. The van der Waals surface area contributed by atoms with Crippen LogP contribution in [0.2, 0.25) is 0 Å². The molecule has 17 heavy (non-hydrogen) atoms. The Balaban J connectivity index is 2.23. The minimum absolute atomic E-state index is 0.0521. The molecular formula is C13H15FO3. The molecule has 1 fully saturated rings. The fourth-order valence-corrected chi connectivity index (χ4v) is 1.98. The van der Waals surface area contributed by atoms with Crippen LogP contribution in [0.5, 0.6) is 5.75 Å². The Morgan fingerprint density at radius 3 is 2.94 bits per heavy atom. The summed E-state index contributed by atoms with van der Waals surface area (Å²) in [5, 5.41) is 0. The average molecular weight is 238 g/mol. The van der Waals surface area contributed by atoms with Crippen molar-refractivity contribution in [3.63, 3.8) is 0 Å². The number of benzene rings is 1. The van der Waals surface area contributed by atoms with E-state index < -0.39 is 11.9 Å². The zero-order valence-corrected chi connectivity index (χ0v) is 9.74. The number of carbonyl (C=O) groups excluding carboxylic acids is 1. The second-order valence-corrected chi connectivity index (χ2v) is 4.04. The summed E-state index contributed by atoms with van der Waals surface area (Å²) in [6.45, 7) is 0.571. The van der Waals surface area contributed by atoms with Gasteiger partial charge in [0, 0.05) is 6.61 Å². The third-order valence-electron chi connectivity index (χ3n) is 2.92. The summed E-state index contributed by atoms with van der Waals surface area (Å²) in [4.78, 5) is 12.1. The maximum atomic E-state index is 13.9. The fourth-order valence-electron chi connectivity index (χ4n) is 1.98. The van der Waals surface area contributed by atoms with E-state index in [0.717, 1.165) is 12.8 Å². The molecule has 1 saturated heterocycles. The van der Waals surface area contributed by atoms with Gasteiger partial charge in [0.2, 0.25) is 0 Å². The van der Waals surface area contributed by atoms with Crippen LogP contribution in [0.4, 0.5) is 4.39 Å². The predicted molar refractivity (Wildman–Crippen MR) is 60.9 cm³/mol. The molecular weight excluding hydrogens is 223 g/mol. The summed E-state index contributed by atoms with van der Waals surface area (Å²) in [6, 6.07) is 4.57. The molecule has 0 spiro atoms. The zero-order chi connectivity index (χ0) is 12.3. The first kappa shape index (κ1) is 12.0. The number of hydrogen-bond donors (Lipinski definition) is 0. The van der Waals surface area contributed by atoms with Gasteiger partial charge in [-0.15, -0.1) is 0 Å². The number of hydrogen-bond acceptors (Lipinski definition) is 3. The van der Waals surface area contributed by atoms with Crippen molar-refractivity contribution in [2.75, 3.05) is 13.7 Å². The van der Waals surface area contributed by atoms with Gasteiger partial charge in [-0.2, -0.15) is 0 Å². The smallest absolute Gasteiger partial charge is 0.194 e. The number of rotatable bonds is 3. The second kappa shape index (κ2) is 5.27. The highest BCUT2D eigenvalue weighted by Crippen LogP contribution is 2.24. The molecule has 1 unspecified atom stereocenters. The molecule has 1 aliphatic rings. The van der Waals surface area contributed by atoms with Crippen molar-refractivity contribution < 1.29 is 18.7 Å². The van der Waals surface area contributed by atoms with Crippen molar-refractivity contribution in [1.82, 2.24) is 0 Å². The van der Waals surface area contributed by atoms with E-state index in [4.69, 9.17) is 9.47 Å². The van der Waals surface area contributed by atoms with E-state index in [0.29, 0.717) is 13.0 Å². The van der Waals surface area contributed by atoms with Crippen molar-refractivity contribution in [2.45, 2.75) is 25.4 Å². The van der Waals surface area contributed by atoms with Gasteiger partial charge in [0.25, 0.3) is 0 Å². The molecule has 0 N–H and O–H groups in total. The molecule has 0 radical (unpaired) electrons. The number of Topliss-reactive ketones (excluding diaryl/α,β-unsaturated/α-hetero) is 1. The van der Waals surface area contributed by atoms with Gasteiger partial charge in [0.1, 0.15) is 6.10 Å². The SMILES string of the molecule is COc1cccc(C(=O)C2CCCCO2)c1F. The molecule has 1 atom stereocenters. The predicted octanol–water partition coefficient (Wildman–Crippen LogP) is 2.59. The minimum Gasteiger partial charge on any atom is -0.494 e. The largest absolute Gasteiger partial charge is 0.494 e. The molecule has 0 saturated carbocycles. The maximum Gasteiger partial charge on any atom is 0.194 e. The van der Waals surface area contributed by atoms with Crippen LogP contribution in [0.1, 0.15) is 29.6 Å². The Labute approximate surface area is 99.5 Å². The molecule has 0 bridgehead atoms. The topological polar surface area (TPSA) is 35.5 Å². The van der Waals surface area contributed by atoms with E-state index in [2.05, 4.69) is 0 Å².